The smallest absolute Gasteiger partial charge is 0.119 e. The molecule has 2 nitrogen and oxygen atoms in total. The van der Waals surface area contributed by atoms with Crippen LogP contribution in [0.1, 0.15) is 36.4 Å². The molecule has 1 N–H and O–H groups in total. The highest BCUT2D eigenvalue weighted by molar-refractivity contribution is 6.02. The molecule has 144 valence electrons. The Hall–Kier alpha value is -3.26. The lowest BCUT2D eigenvalue weighted by Crippen LogP contribution is -2.04. The molecule has 1 heterocycles. The van der Waals surface area contributed by atoms with E-state index in [2.05, 4.69) is 83.9 Å². The zero-order valence-corrected chi connectivity index (χ0v) is 16.7. The quantitative estimate of drug-likeness (QED) is 0.398. The summed E-state index contributed by atoms with van der Waals surface area (Å²) in [5, 5.41) is 1.27. The molecule has 1 aliphatic rings. The van der Waals surface area contributed by atoms with Gasteiger partial charge in [-0.25, -0.2) is 0 Å². The minimum absolute atomic E-state index is 0.615. The second-order valence-electron chi connectivity index (χ2n) is 7.76. The molecule has 4 aromatic rings. The number of ether oxygens (including phenoxy) is 1. The molecule has 1 aromatic heterocycles. The third-order valence-electron chi connectivity index (χ3n) is 6.07. The van der Waals surface area contributed by atoms with E-state index in [4.69, 9.17) is 4.74 Å². The number of para-hydroxylation sites is 1. The maximum absolute atomic E-state index is 5.49. The van der Waals surface area contributed by atoms with Gasteiger partial charge < -0.3 is 9.72 Å². The highest BCUT2D eigenvalue weighted by atomic mass is 16.5. The van der Waals surface area contributed by atoms with E-state index in [9.17, 15) is 0 Å². The maximum Gasteiger partial charge on any atom is 0.119 e. The summed E-state index contributed by atoms with van der Waals surface area (Å²) >= 11 is 0. The normalized spacial score (nSPS) is 16.6. The Labute approximate surface area is 171 Å². The topological polar surface area (TPSA) is 25.0 Å². The second kappa shape index (κ2) is 7.63. The monoisotopic (exact) mass is 379 g/mol. The number of methoxy groups -OCH3 is 1. The van der Waals surface area contributed by atoms with Crippen molar-refractivity contribution >= 4 is 16.5 Å². The van der Waals surface area contributed by atoms with Gasteiger partial charge in [-0.2, -0.15) is 0 Å². The molecule has 29 heavy (non-hydrogen) atoms. The van der Waals surface area contributed by atoms with Gasteiger partial charge in [0.25, 0.3) is 0 Å². The Morgan fingerprint density at radius 2 is 1.72 bits per heavy atom. The molecule has 0 radical (unpaired) electrons. The van der Waals surface area contributed by atoms with Crippen LogP contribution in [0.15, 0.2) is 84.9 Å². The standard InChI is InChI=1S/C27H25NO/c1-29-23-11-7-10-22(18-23)26-24-12-5-6-13-25(24)28-27(26)21-16-14-20(15-17-21)19-8-3-2-4-9-19/h2-13,16,18,20,28H,14-15,17H2,1H3. The van der Waals surface area contributed by atoms with Gasteiger partial charge in [0.05, 0.1) is 7.11 Å². The van der Waals surface area contributed by atoms with Crippen molar-refractivity contribution < 1.29 is 4.74 Å². The Morgan fingerprint density at radius 3 is 2.52 bits per heavy atom. The molecule has 2 heteroatoms. The lowest BCUT2D eigenvalue weighted by atomic mass is 9.83. The van der Waals surface area contributed by atoms with Crippen LogP contribution in [-0.4, -0.2) is 12.1 Å². The van der Waals surface area contributed by atoms with Gasteiger partial charge in [-0.05, 0) is 60.1 Å². The Morgan fingerprint density at radius 1 is 0.897 bits per heavy atom. The summed E-state index contributed by atoms with van der Waals surface area (Å²) in [4.78, 5) is 3.72. The molecule has 0 saturated carbocycles. The first-order valence-electron chi connectivity index (χ1n) is 10.3. The summed E-state index contributed by atoms with van der Waals surface area (Å²) in [6.07, 6.45) is 5.80. The number of hydrogen-bond acceptors (Lipinski definition) is 1. The first-order valence-corrected chi connectivity index (χ1v) is 10.3. The van der Waals surface area contributed by atoms with Crippen molar-refractivity contribution in [1.82, 2.24) is 4.98 Å². The van der Waals surface area contributed by atoms with Crippen molar-refractivity contribution in [3.05, 3.63) is 96.2 Å². The minimum atomic E-state index is 0.615. The van der Waals surface area contributed by atoms with Crippen LogP contribution in [0, 0.1) is 0 Å². The van der Waals surface area contributed by atoms with E-state index in [1.807, 2.05) is 6.07 Å². The Bertz CT molecular complexity index is 1170. The number of fused-ring (bicyclic) bond motifs is 1. The predicted molar refractivity (Wildman–Crippen MR) is 121 cm³/mol. The molecule has 0 fully saturated rings. The van der Waals surface area contributed by atoms with Crippen LogP contribution >= 0.6 is 0 Å². The summed E-state index contributed by atoms with van der Waals surface area (Å²) in [5.41, 5.74) is 7.79. The van der Waals surface area contributed by atoms with Gasteiger partial charge in [-0.15, -0.1) is 0 Å². The number of rotatable bonds is 4. The summed E-state index contributed by atoms with van der Waals surface area (Å²) in [6.45, 7) is 0. The molecular formula is C27H25NO. The third-order valence-corrected chi connectivity index (χ3v) is 6.07. The average molecular weight is 380 g/mol. The fourth-order valence-electron chi connectivity index (χ4n) is 4.55. The largest absolute Gasteiger partial charge is 0.497 e. The molecule has 1 atom stereocenters. The van der Waals surface area contributed by atoms with Crippen molar-refractivity contribution in [2.24, 2.45) is 0 Å². The lowest BCUT2D eigenvalue weighted by molar-refractivity contribution is 0.415. The molecule has 1 aliphatic carbocycles. The van der Waals surface area contributed by atoms with Gasteiger partial charge in [0.15, 0.2) is 0 Å². The second-order valence-corrected chi connectivity index (χ2v) is 7.76. The molecule has 1 unspecified atom stereocenters. The van der Waals surface area contributed by atoms with Crippen LogP contribution in [-0.2, 0) is 0 Å². The number of aromatic amines is 1. The first-order chi connectivity index (χ1) is 14.3. The predicted octanol–water partition coefficient (Wildman–Crippen LogP) is 7.19. The SMILES string of the molecule is COc1cccc(-c2c(C3=CCC(c4ccccc4)CC3)[nH]c3ccccc23)c1. The van der Waals surface area contributed by atoms with E-state index in [-0.39, 0.29) is 0 Å². The van der Waals surface area contributed by atoms with Crippen molar-refractivity contribution in [3.63, 3.8) is 0 Å². The summed E-state index contributed by atoms with van der Waals surface area (Å²) < 4.78 is 5.49. The molecule has 0 amide bonds. The fourth-order valence-corrected chi connectivity index (χ4v) is 4.55. The van der Waals surface area contributed by atoms with E-state index in [1.165, 1.54) is 45.3 Å². The summed E-state index contributed by atoms with van der Waals surface area (Å²) in [6, 6.07) is 27.9. The molecule has 0 aliphatic heterocycles. The van der Waals surface area contributed by atoms with Crippen LogP contribution in [0.2, 0.25) is 0 Å². The number of hydrogen-bond donors (Lipinski definition) is 1. The van der Waals surface area contributed by atoms with Crippen molar-refractivity contribution in [1.29, 1.82) is 0 Å². The van der Waals surface area contributed by atoms with Crippen LogP contribution in [0.3, 0.4) is 0 Å². The zero-order valence-electron chi connectivity index (χ0n) is 16.7. The van der Waals surface area contributed by atoms with Crippen molar-refractivity contribution in [2.45, 2.75) is 25.2 Å². The summed E-state index contributed by atoms with van der Waals surface area (Å²) in [7, 11) is 1.72. The average Bonchev–Trinajstić information content (AvgIpc) is 3.19. The van der Waals surface area contributed by atoms with Crippen LogP contribution < -0.4 is 4.74 Å². The first kappa shape index (κ1) is 17.8. The highest BCUT2D eigenvalue weighted by Gasteiger charge is 2.22. The Kier molecular flexibility index (Phi) is 4.69. The minimum Gasteiger partial charge on any atom is -0.497 e. The van der Waals surface area contributed by atoms with E-state index >= 15 is 0 Å². The zero-order chi connectivity index (χ0) is 19.6. The Balaban J connectivity index is 1.58. The van der Waals surface area contributed by atoms with Gasteiger partial charge in [-0.3, -0.25) is 0 Å². The van der Waals surface area contributed by atoms with E-state index in [0.29, 0.717) is 5.92 Å². The van der Waals surface area contributed by atoms with Gasteiger partial charge in [0, 0.05) is 22.2 Å². The third kappa shape index (κ3) is 3.36. The highest BCUT2D eigenvalue weighted by Crippen LogP contribution is 2.42. The maximum atomic E-state index is 5.49. The number of benzene rings is 3. The lowest BCUT2D eigenvalue weighted by Gasteiger charge is -2.22. The van der Waals surface area contributed by atoms with Gasteiger partial charge in [0.1, 0.15) is 5.75 Å². The number of H-pyrrole nitrogens is 1. The fraction of sp³-hybridized carbons (Fsp3) is 0.185. The van der Waals surface area contributed by atoms with Gasteiger partial charge in [0.2, 0.25) is 0 Å². The van der Waals surface area contributed by atoms with Crippen LogP contribution in [0.4, 0.5) is 0 Å². The van der Waals surface area contributed by atoms with Crippen molar-refractivity contribution in [3.8, 4) is 16.9 Å². The molecular weight excluding hydrogens is 354 g/mol. The van der Waals surface area contributed by atoms with Crippen LogP contribution in [0.5, 0.6) is 5.75 Å². The van der Waals surface area contributed by atoms with E-state index in [1.54, 1.807) is 7.11 Å². The van der Waals surface area contributed by atoms with Crippen LogP contribution in [0.25, 0.3) is 27.6 Å². The molecule has 5 rings (SSSR count). The van der Waals surface area contributed by atoms with Gasteiger partial charge >= 0.3 is 0 Å². The van der Waals surface area contributed by atoms with E-state index in [0.717, 1.165) is 18.6 Å². The molecule has 3 aromatic carbocycles. The van der Waals surface area contributed by atoms with Gasteiger partial charge in [-0.1, -0.05) is 66.7 Å². The van der Waals surface area contributed by atoms with E-state index < -0.39 is 0 Å². The molecule has 0 saturated heterocycles. The molecule has 0 spiro atoms. The number of aromatic nitrogens is 1. The number of nitrogens with one attached hydrogen (secondary N) is 1. The summed E-state index contributed by atoms with van der Waals surface area (Å²) in [5.74, 6) is 1.50. The van der Waals surface area contributed by atoms with Crippen molar-refractivity contribution in [2.75, 3.05) is 7.11 Å². The molecule has 0 bridgehead atoms. The number of allylic oxidation sites excluding steroid dienone is 2.